The number of hydrogen-bond donors (Lipinski definition) is 1. The van der Waals surface area contributed by atoms with Gasteiger partial charge in [-0.25, -0.2) is 4.98 Å². The maximum absolute atomic E-state index is 12.4. The summed E-state index contributed by atoms with van der Waals surface area (Å²) in [5, 5.41) is 5.35. The molecule has 0 atom stereocenters. The van der Waals surface area contributed by atoms with Gasteiger partial charge < -0.3 is 9.47 Å². The zero-order valence-electron chi connectivity index (χ0n) is 19.1. The third-order valence-electron chi connectivity index (χ3n) is 4.96. The van der Waals surface area contributed by atoms with Crippen molar-refractivity contribution in [2.75, 3.05) is 19.0 Å². The number of methoxy groups -OCH3 is 1. The molecule has 0 unspecified atom stereocenters. The molecule has 0 aliphatic carbocycles. The summed E-state index contributed by atoms with van der Waals surface area (Å²) >= 11 is 1.41. The molecule has 1 heterocycles. The lowest BCUT2D eigenvalue weighted by Gasteiger charge is -2.12. The van der Waals surface area contributed by atoms with Gasteiger partial charge in [0, 0.05) is 17.0 Å². The Balaban J connectivity index is 1.59. The molecule has 0 fully saturated rings. The minimum absolute atomic E-state index is 0.233. The van der Waals surface area contributed by atoms with E-state index in [4.69, 9.17) is 9.47 Å². The number of ether oxygens (including phenoxy) is 2. The number of anilines is 1. The number of nitrogens with zero attached hydrogens (tertiary/aromatic N) is 1. The van der Waals surface area contributed by atoms with Crippen LogP contribution in [0.2, 0.25) is 0 Å². The minimum atomic E-state index is -0.233. The predicted octanol–water partition coefficient (Wildman–Crippen LogP) is 6.46. The molecule has 5 nitrogen and oxygen atoms in total. The highest BCUT2D eigenvalue weighted by atomic mass is 32.1. The van der Waals surface area contributed by atoms with Gasteiger partial charge in [-0.15, -0.1) is 11.3 Å². The summed E-state index contributed by atoms with van der Waals surface area (Å²) in [5.41, 5.74) is 4.03. The fourth-order valence-electron chi connectivity index (χ4n) is 3.01. The number of thiazole rings is 1. The number of carbonyl (C=O) groups excluding carboxylic acids is 1. The average Bonchev–Trinajstić information content (AvgIpc) is 3.26. The van der Waals surface area contributed by atoms with Crippen LogP contribution in [-0.2, 0) is 11.2 Å². The van der Waals surface area contributed by atoms with E-state index in [-0.39, 0.29) is 5.91 Å². The SMILES string of the molecule is CCc1ccc(-c2csc(NC(=O)C=Cc3ccc(OCCC(C)C)c(OC)c3)n2)cc1. The second-order valence-electron chi connectivity index (χ2n) is 7.85. The highest BCUT2D eigenvalue weighted by Gasteiger charge is 2.08. The molecule has 1 aromatic heterocycles. The van der Waals surface area contributed by atoms with Crippen LogP contribution >= 0.6 is 11.3 Å². The zero-order chi connectivity index (χ0) is 22.9. The van der Waals surface area contributed by atoms with Gasteiger partial charge in [-0.05, 0) is 48.1 Å². The summed E-state index contributed by atoms with van der Waals surface area (Å²) in [4.78, 5) is 16.9. The second kappa shape index (κ2) is 11.5. The second-order valence-corrected chi connectivity index (χ2v) is 8.71. The van der Waals surface area contributed by atoms with E-state index in [1.54, 1.807) is 13.2 Å². The van der Waals surface area contributed by atoms with Gasteiger partial charge in [0.1, 0.15) is 0 Å². The molecule has 0 saturated heterocycles. The minimum Gasteiger partial charge on any atom is -0.493 e. The summed E-state index contributed by atoms with van der Waals surface area (Å²) in [5.74, 6) is 1.70. The van der Waals surface area contributed by atoms with Gasteiger partial charge in [0.25, 0.3) is 0 Å². The molecule has 0 aliphatic heterocycles. The molecular formula is C26H30N2O3S. The monoisotopic (exact) mass is 450 g/mol. The molecule has 2 aromatic carbocycles. The molecular weight excluding hydrogens is 420 g/mol. The van der Waals surface area contributed by atoms with Gasteiger partial charge in [-0.2, -0.15) is 0 Å². The number of aryl methyl sites for hydroxylation is 1. The van der Waals surface area contributed by atoms with Crippen molar-refractivity contribution in [2.45, 2.75) is 33.6 Å². The number of carbonyl (C=O) groups is 1. The third-order valence-corrected chi connectivity index (χ3v) is 5.72. The lowest BCUT2D eigenvalue weighted by atomic mass is 10.1. The van der Waals surface area contributed by atoms with Gasteiger partial charge in [0.05, 0.1) is 19.4 Å². The summed E-state index contributed by atoms with van der Waals surface area (Å²) in [6.45, 7) is 7.10. The summed E-state index contributed by atoms with van der Waals surface area (Å²) < 4.78 is 11.3. The van der Waals surface area contributed by atoms with E-state index in [2.05, 4.69) is 55.3 Å². The van der Waals surface area contributed by atoms with Crippen molar-refractivity contribution in [3.05, 3.63) is 65.0 Å². The zero-order valence-corrected chi connectivity index (χ0v) is 19.9. The van der Waals surface area contributed by atoms with Crippen LogP contribution in [0.3, 0.4) is 0 Å². The van der Waals surface area contributed by atoms with Crippen LogP contribution in [-0.4, -0.2) is 24.6 Å². The fourth-order valence-corrected chi connectivity index (χ4v) is 3.73. The third kappa shape index (κ3) is 6.69. The van der Waals surface area contributed by atoms with E-state index in [9.17, 15) is 4.79 Å². The van der Waals surface area contributed by atoms with Crippen molar-refractivity contribution in [1.82, 2.24) is 4.98 Å². The van der Waals surface area contributed by atoms with Gasteiger partial charge in [0.15, 0.2) is 16.6 Å². The van der Waals surface area contributed by atoms with E-state index in [0.717, 1.165) is 29.7 Å². The van der Waals surface area contributed by atoms with Crippen molar-refractivity contribution in [2.24, 2.45) is 5.92 Å². The Morgan fingerprint density at radius 2 is 1.94 bits per heavy atom. The molecule has 3 rings (SSSR count). The quantitative estimate of drug-likeness (QED) is 0.360. The summed E-state index contributed by atoms with van der Waals surface area (Å²) in [7, 11) is 1.61. The molecule has 0 saturated carbocycles. The van der Waals surface area contributed by atoms with Crippen LogP contribution in [0.5, 0.6) is 11.5 Å². The van der Waals surface area contributed by atoms with E-state index in [1.807, 2.05) is 23.6 Å². The molecule has 1 amide bonds. The van der Waals surface area contributed by atoms with Gasteiger partial charge >= 0.3 is 0 Å². The Bertz CT molecular complexity index is 1060. The predicted molar refractivity (Wildman–Crippen MR) is 133 cm³/mol. The van der Waals surface area contributed by atoms with Crippen molar-refractivity contribution < 1.29 is 14.3 Å². The molecule has 0 bridgehead atoms. The van der Waals surface area contributed by atoms with Gasteiger partial charge in [-0.3, -0.25) is 10.1 Å². The lowest BCUT2D eigenvalue weighted by Crippen LogP contribution is -2.07. The van der Waals surface area contributed by atoms with E-state index in [1.165, 1.54) is 23.0 Å². The van der Waals surface area contributed by atoms with E-state index in [0.29, 0.717) is 29.2 Å². The standard InChI is InChI=1S/C26H30N2O3S/c1-5-19-6-10-21(11-7-19)22-17-32-26(27-22)28-25(29)13-9-20-8-12-23(24(16-20)30-4)31-15-14-18(2)3/h6-13,16-18H,5,14-15H2,1-4H3,(H,27,28,29). The normalized spacial score (nSPS) is 11.2. The molecule has 1 N–H and O–H groups in total. The Morgan fingerprint density at radius 3 is 2.62 bits per heavy atom. The van der Waals surface area contributed by atoms with Crippen LogP contribution < -0.4 is 14.8 Å². The number of benzene rings is 2. The Hall–Kier alpha value is -3.12. The first-order chi connectivity index (χ1) is 15.5. The Labute approximate surface area is 194 Å². The highest BCUT2D eigenvalue weighted by Crippen LogP contribution is 2.29. The first kappa shape index (κ1) is 23.5. The van der Waals surface area contributed by atoms with Crippen LogP contribution in [0.1, 0.15) is 38.3 Å². The first-order valence-corrected chi connectivity index (χ1v) is 11.7. The Morgan fingerprint density at radius 1 is 1.16 bits per heavy atom. The van der Waals surface area contributed by atoms with Crippen LogP contribution in [0.25, 0.3) is 17.3 Å². The number of aromatic nitrogens is 1. The molecule has 0 spiro atoms. The largest absolute Gasteiger partial charge is 0.493 e. The van der Waals surface area contributed by atoms with Gasteiger partial charge in [-0.1, -0.05) is 51.1 Å². The fraction of sp³-hybridized carbons (Fsp3) is 0.308. The van der Waals surface area contributed by atoms with E-state index >= 15 is 0 Å². The molecule has 6 heteroatoms. The molecule has 0 aliphatic rings. The highest BCUT2D eigenvalue weighted by molar-refractivity contribution is 7.14. The lowest BCUT2D eigenvalue weighted by molar-refractivity contribution is -0.111. The van der Waals surface area contributed by atoms with Crippen LogP contribution in [0.15, 0.2) is 53.9 Å². The topological polar surface area (TPSA) is 60.5 Å². The van der Waals surface area contributed by atoms with Crippen molar-refractivity contribution in [3.8, 4) is 22.8 Å². The van der Waals surface area contributed by atoms with Crippen LogP contribution in [0.4, 0.5) is 5.13 Å². The van der Waals surface area contributed by atoms with Crippen molar-refractivity contribution in [3.63, 3.8) is 0 Å². The molecule has 168 valence electrons. The maximum Gasteiger partial charge on any atom is 0.250 e. The van der Waals surface area contributed by atoms with Crippen LogP contribution in [0, 0.1) is 5.92 Å². The van der Waals surface area contributed by atoms with Crippen molar-refractivity contribution in [1.29, 1.82) is 0 Å². The maximum atomic E-state index is 12.4. The number of rotatable bonds is 10. The summed E-state index contributed by atoms with van der Waals surface area (Å²) in [6, 6.07) is 13.9. The van der Waals surface area contributed by atoms with Crippen molar-refractivity contribution >= 4 is 28.5 Å². The number of amides is 1. The molecule has 0 radical (unpaired) electrons. The molecule has 3 aromatic rings. The number of nitrogens with one attached hydrogen (secondary N) is 1. The van der Waals surface area contributed by atoms with Gasteiger partial charge in [0.2, 0.25) is 5.91 Å². The molecule has 32 heavy (non-hydrogen) atoms. The summed E-state index contributed by atoms with van der Waals surface area (Å²) in [6.07, 6.45) is 5.22. The number of hydrogen-bond acceptors (Lipinski definition) is 5. The first-order valence-electron chi connectivity index (χ1n) is 10.8. The Kier molecular flexibility index (Phi) is 8.45. The average molecular weight is 451 g/mol. The smallest absolute Gasteiger partial charge is 0.250 e. The van der Waals surface area contributed by atoms with E-state index < -0.39 is 0 Å².